The highest BCUT2D eigenvalue weighted by molar-refractivity contribution is 5.99. The van der Waals surface area contributed by atoms with Crippen molar-refractivity contribution in [1.82, 2.24) is 9.47 Å². The lowest BCUT2D eigenvalue weighted by atomic mass is 10.00. The van der Waals surface area contributed by atoms with Gasteiger partial charge in [-0.1, -0.05) is 36.4 Å². The number of amides is 1. The van der Waals surface area contributed by atoms with Crippen LogP contribution in [0.3, 0.4) is 0 Å². The van der Waals surface area contributed by atoms with E-state index in [0.717, 1.165) is 28.6 Å². The van der Waals surface area contributed by atoms with Crippen LogP contribution in [0, 0.1) is 11.6 Å². The molecule has 0 saturated heterocycles. The van der Waals surface area contributed by atoms with Gasteiger partial charge >= 0.3 is 6.09 Å². The lowest BCUT2D eigenvalue weighted by Gasteiger charge is -2.20. The fraction of sp³-hybridized carbons (Fsp3) is 0.192. The molecule has 0 aliphatic carbocycles. The number of rotatable bonds is 6. The topological polar surface area (TPSA) is 34.5 Å². The van der Waals surface area contributed by atoms with E-state index in [2.05, 4.69) is 4.57 Å². The van der Waals surface area contributed by atoms with E-state index in [1.165, 1.54) is 6.07 Å². The second kappa shape index (κ2) is 9.22. The Morgan fingerprint density at radius 3 is 2.38 bits per heavy atom. The van der Waals surface area contributed by atoms with E-state index in [1.54, 1.807) is 11.0 Å². The van der Waals surface area contributed by atoms with Gasteiger partial charge in [0.05, 0.1) is 0 Å². The molecule has 164 valence electrons. The van der Waals surface area contributed by atoms with Crippen LogP contribution in [-0.2, 0) is 6.54 Å². The van der Waals surface area contributed by atoms with Gasteiger partial charge in [0.1, 0.15) is 5.75 Å². The molecule has 0 aliphatic heterocycles. The molecule has 0 saturated carbocycles. The Bertz CT molecular complexity index is 1250. The van der Waals surface area contributed by atoms with E-state index in [1.807, 2.05) is 62.5 Å². The maximum Gasteiger partial charge on any atom is 0.415 e. The van der Waals surface area contributed by atoms with Gasteiger partial charge in [0.25, 0.3) is 0 Å². The summed E-state index contributed by atoms with van der Waals surface area (Å²) in [6, 6.07) is 19.2. The zero-order valence-electron chi connectivity index (χ0n) is 18.0. The summed E-state index contributed by atoms with van der Waals surface area (Å²) in [7, 11) is 0. The number of hydrogen-bond acceptors (Lipinski definition) is 2. The molecule has 0 N–H and O–H groups in total. The molecule has 6 heteroatoms. The number of ether oxygens (including phenoxy) is 1. The molecular formula is C26H24F2N2O2. The average Bonchev–Trinajstić information content (AvgIpc) is 3.20. The van der Waals surface area contributed by atoms with Gasteiger partial charge in [0.2, 0.25) is 0 Å². The molecule has 0 aliphatic rings. The Balaban J connectivity index is 1.84. The molecule has 1 aromatic heterocycles. The maximum absolute atomic E-state index is 14.1. The molecular weight excluding hydrogens is 410 g/mol. The molecule has 4 nitrogen and oxygen atoms in total. The number of benzene rings is 3. The van der Waals surface area contributed by atoms with Crippen LogP contribution in [-0.4, -0.2) is 28.6 Å². The highest BCUT2D eigenvalue weighted by Gasteiger charge is 2.20. The molecule has 0 radical (unpaired) electrons. The summed E-state index contributed by atoms with van der Waals surface area (Å²) in [4.78, 5) is 14.2. The standard InChI is InChI=1S/C26H24F2N2O2/c1-3-29(4-2)26(31)32-24-13-12-23-20(25(24)19-10-11-21(27)22(28)16-19)14-15-30(23)17-18-8-6-5-7-9-18/h5-16H,3-4,17H2,1-2H3. The molecule has 4 rings (SSSR count). The lowest BCUT2D eigenvalue weighted by molar-refractivity contribution is 0.157. The maximum atomic E-state index is 14.1. The number of carbonyl (C=O) groups is 1. The summed E-state index contributed by atoms with van der Waals surface area (Å²) in [6.45, 7) is 5.40. The van der Waals surface area contributed by atoms with Gasteiger partial charge in [-0.05, 0) is 55.3 Å². The first-order valence-electron chi connectivity index (χ1n) is 10.6. The normalized spacial score (nSPS) is 11.0. The number of aromatic nitrogens is 1. The second-order valence-electron chi connectivity index (χ2n) is 7.47. The fourth-order valence-corrected chi connectivity index (χ4v) is 3.85. The minimum atomic E-state index is -0.954. The third kappa shape index (κ3) is 4.21. The summed E-state index contributed by atoms with van der Waals surface area (Å²) in [5.74, 6) is -1.58. The van der Waals surface area contributed by atoms with Crippen LogP contribution >= 0.6 is 0 Å². The molecule has 0 fully saturated rings. The van der Waals surface area contributed by atoms with E-state index in [4.69, 9.17) is 4.74 Å². The lowest BCUT2D eigenvalue weighted by Crippen LogP contribution is -2.33. The second-order valence-corrected chi connectivity index (χ2v) is 7.47. The number of halogens is 2. The van der Waals surface area contributed by atoms with Gasteiger partial charge in [-0.2, -0.15) is 0 Å². The van der Waals surface area contributed by atoms with Crippen LogP contribution in [0.25, 0.3) is 22.0 Å². The van der Waals surface area contributed by atoms with Crippen molar-refractivity contribution < 1.29 is 18.3 Å². The van der Waals surface area contributed by atoms with Crippen LogP contribution in [0.1, 0.15) is 19.4 Å². The summed E-state index contributed by atoms with van der Waals surface area (Å²) >= 11 is 0. The van der Waals surface area contributed by atoms with E-state index < -0.39 is 17.7 Å². The van der Waals surface area contributed by atoms with Crippen molar-refractivity contribution in [1.29, 1.82) is 0 Å². The minimum Gasteiger partial charge on any atom is -0.410 e. The molecule has 0 bridgehead atoms. The van der Waals surface area contributed by atoms with Crippen LogP contribution in [0.2, 0.25) is 0 Å². The summed E-state index contributed by atoms with van der Waals surface area (Å²) in [6.07, 6.45) is 1.46. The number of carbonyl (C=O) groups excluding carboxylic acids is 1. The first kappa shape index (κ1) is 21.6. The molecule has 4 aromatic rings. The van der Waals surface area contributed by atoms with E-state index >= 15 is 0 Å². The van der Waals surface area contributed by atoms with Crippen molar-refractivity contribution in [3.05, 3.63) is 90.1 Å². The summed E-state index contributed by atoms with van der Waals surface area (Å²) in [5.41, 5.74) is 3.02. The molecule has 1 heterocycles. The Morgan fingerprint density at radius 1 is 0.938 bits per heavy atom. The predicted molar refractivity (Wildman–Crippen MR) is 122 cm³/mol. The van der Waals surface area contributed by atoms with Gasteiger partial charge in [-0.15, -0.1) is 0 Å². The van der Waals surface area contributed by atoms with Gasteiger partial charge < -0.3 is 14.2 Å². The Kier molecular flexibility index (Phi) is 6.21. The third-order valence-electron chi connectivity index (χ3n) is 5.54. The van der Waals surface area contributed by atoms with Gasteiger partial charge in [0, 0.05) is 42.3 Å². The molecule has 0 spiro atoms. The van der Waals surface area contributed by atoms with Gasteiger partial charge in [-0.25, -0.2) is 13.6 Å². The first-order valence-corrected chi connectivity index (χ1v) is 10.6. The molecule has 32 heavy (non-hydrogen) atoms. The Labute approximate surface area is 185 Å². The molecule has 3 aromatic carbocycles. The van der Waals surface area contributed by atoms with Crippen LogP contribution < -0.4 is 4.74 Å². The van der Waals surface area contributed by atoms with Crippen LogP contribution in [0.4, 0.5) is 13.6 Å². The first-order chi connectivity index (χ1) is 15.5. The third-order valence-corrected chi connectivity index (χ3v) is 5.54. The zero-order chi connectivity index (χ0) is 22.7. The van der Waals surface area contributed by atoms with E-state index in [-0.39, 0.29) is 0 Å². The Morgan fingerprint density at radius 2 is 1.69 bits per heavy atom. The van der Waals surface area contributed by atoms with Gasteiger partial charge in [-0.3, -0.25) is 0 Å². The average molecular weight is 434 g/mol. The van der Waals surface area contributed by atoms with Crippen LogP contribution in [0.5, 0.6) is 5.75 Å². The fourth-order valence-electron chi connectivity index (χ4n) is 3.85. The number of nitrogens with zero attached hydrogens (tertiary/aromatic N) is 2. The zero-order valence-corrected chi connectivity index (χ0v) is 18.0. The smallest absolute Gasteiger partial charge is 0.410 e. The van der Waals surface area contributed by atoms with Crippen molar-refractivity contribution in [3.63, 3.8) is 0 Å². The number of fused-ring (bicyclic) bond motifs is 1. The largest absolute Gasteiger partial charge is 0.415 e. The van der Waals surface area contributed by atoms with Crippen molar-refractivity contribution >= 4 is 17.0 Å². The van der Waals surface area contributed by atoms with Crippen molar-refractivity contribution in [2.24, 2.45) is 0 Å². The van der Waals surface area contributed by atoms with Crippen LogP contribution in [0.15, 0.2) is 72.9 Å². The molecule has 1 amide bonds. The van der Waals surface area contributed by atoms with Crippen molar-refractivity contribution in [2.45, 2.75) is 20.4 Å². The van der Waals surface area contributed by atoms with E-state index in [9.17, 15) is 13.6 Å². The molecule has 0 unspecified atom stereocenters. The molecule has 0 atom stereocenters. The highest BCUT2D eigenvalue weighted by atomic mass is 19.2. The SMILES string of the molecule is CCN(CC)C(=O)Oc1ccc2c(ccn2Cc2ccccc2)c1-c1ccc(F)c(F)c1. The summed E-state index contributed by atoms with van der Waals surface area (Å²) in [5, 5.41) is 0.789. The van der Waals surface area contributed by atoms with Crippen molar-refractivity contribution in [2.75, 3.05) is 13.1 Å². The minimum absolute atomic E-state index is 0.304. The van der Waals surface area contributed by atoms with Crippen molar-refractivity contribution in [3.8, 4) is 16.9 Å². The quantitative estimate of drug-likeness (QED) is 0.348. The van der Waals surface area contributed by atoms with Gasteiger partial charge in [0.15, 0.2) is 11.6 Å². The predicted octanol–water partition coefficient (Wildman–Crippen LogP) is 6.48. The van der Waals surface area contributed by atoms with E-state index in [0.29, 0.717) is 36.5 Å². The number of hydrogen-bond donors (Lipinski definition) is 0. The summed E-state index contributed by atoms with van der Waals surface area (Å²) < 4.78 is 35.5. The monoisotopic (exact) mass is 434 g/mol. The Hall–Kier alpha value is -3.67. The highest BCUT2D eigenvalue weighted by Crippen LogP contribution is 2.38.